The zero-order valence-corrected chi connectivity index (χ0v) is 9.23. The first-order valence-electron chi connectivity index (χ1n) is 5.13. The predicted octanol–water partition coefficient (Wildman–Crippen LogP) is -0.304. The molecule has 1 fully saturated rings. The van der Waals surface area contributed by atoms with Crippen LogP contribution in [0.3, 0.4) is 0 Å². The van der Waals surface area contributed by atoms with Gasteiger partial charge in [-0.15, -0.1) is 0 Å². The molecule has 2 unspecified atom stereocenters. The molecule has 1 amide bonds. The average molecular weight is 217 g/mol. The molecule has 0 saturated carbocycles. The third-order valence-electron chi connectivity index (χ3n) is 2.60. The summed E-state index contributed by atoms with van der Waals surface area (Å²) in [6.07, 6.45) is 0.413. The normalized spacial score (nSPS) is 26.5. The summed E-state index contributed by atoms with van der Waals surface area (Å²) in [6, 6.07) is 0.0978. The number of nitrogens with two attached hydrogens (primary N) is 1. The molecule has 0 spiro atoms. The second-order valence-electron chi connectivity index (χ2n) is 3.48. The largest absolute Gasteiger partial charge is 0.450 e. The van der Waals surface area contributed by atoms with E-state index in [1.807, 2.05) is 0 Å². The fraction of sp³-hybridized carbons (Fsp3) is 0.889. The van der Waals surface area contributed by atoms with Crippen molar-refractivity contribution in [2.45, 2.75) is 25.5 Å². The molecule has 0 bridgehead atoms. The maximum absolute atomic E-state index is 11.5. The van der Waals surface area contributed by atoms with Crippen molar-refractivity contribution >= 4 is 6.09 Å². The van der Waals surface area contributed by atoms with Crippen molar-refractivity contribution in [3.8, 4) is 0 Å². The number of ether oxygens (including phenoxy) is 2. The van der Waals surface area contributed by atoms with Gasteiger partial charge in [0.2, 0.25) is 0 Å². The van der Waals surface area contributed by atoms with Crippen LogP contribution in [0.15, 0.2) is 0 Å². The van der Waals surface area contributed by atoms with E-state index in [0.29, 0.717) is 19.7 Å². The van der Waals surface area contributed by atoms with Crippen LogP contribution >= 0.6 is 0 Å². The molecule has 6 heteroatoms. The second-order valence-corrected chi connectivity index (χ2v) is 3.48. The number of carbonyl (C=O) groups is 1. The number of likely N-dealkylation sites (tertiary alicyclic amines) is 1. The molecule has 0 aromatic heterocycles. The number of amides is 1. The highest BCUT2D eigenvalue weighted by Crippen LogP contribution is 2.13. The Balaban J connectivity index is 2.48. The topological polar surface area (TPSA) is 76.8 Å². The van der Waals surface area contributed by atoms with Crippen molar-refractivity contribution < 1.29 is 14.3 Å². The molecule has 1 rings (SSSR count). The van der Waals surface area contributed by atoms with Crippen molar-refractivity contribution in [2.24, 2.45) is 5.84 Å². The second kappa shape index (κ2) is 5.89. The van der Waals surface area contributed by atoms with Gasteiger partial charge in [-0.25, -0.2) is 4.79 Å². The van der Waals surface area contributed by atoms with Crippen molar-refractivity contribution in [2.75, 3.05) is 26.8 Å². The van der Waals surface area contributed by atoms with E-state index >= 15 is 0 Å². The summed E-state index contributed by atoms with van der Waals surface area (Å²) in [4.78, 5) is 13.1. The van der Waals surface area contributed by atoms with Gasteiger partial charge in [0.05, 0.1) is 25.3 Å². The summed E-state index contributed by atoms with van der Waals surface area (Å²) in [5, 5.41) is 0. The van der Waals surface area contributed by atoms with Crippen LogP contribution in [0.5, 0.6) is 0 Å². The van der Waals surface area contributed by atoms with Crippen molar-refractivity contribution in [3.63, 3.8) is 0 Å². The highest BCUT2D eigenvalue weighted by molar-refractivity contribution is 5.67. The highest BCUT2D eigenvalue weighted by Gasteiger charge is 2.31. The molecule has 6 nitrogen and oxygen atoms in total. The van der Waals surface area contributed by atoms with Gasteiger partial charge in [-0.05, 0) is 13.3 Å². The fourth-order valence-electron chi connectivity index (χ4n) is 1.73. The Hall–Kier alpha value is -0.850. The van der Waals surface area contributed by atoms with Gasteiger partial charge in [0.1, 0.15) is 0 Å². The van der Waals surface area contributed by atoms with E-state index in [9.17, 15) is 4.79 Å². The van der Waals surface area contributed by atoms with E-state index in [4.69, 9.17) is 15.3 Å². The maximum Gasteiger partial charge on any atom is 0.409 e. The van der Waals surface area contributed by atoms with E-state index in [-0.39, 0.29) is 18.2 Å². The molecule has 88 valence electrons. The van der Waals surface area contributed by atoms with Gasteiger partial charge in [0.15, 0.2) is 0 Å². The standard InChI is InChI=1S/C9H19N3O3/c1-3-15-9(13)12-5-4-7(11-10)8(6-12)14-2/h7-8,11H,3-6,10H2,1-2H3. The molecule has 1 aliphatic rings. The van der Waals surface area contributed by atoms with E-state index in [1.54, 1.807) is 18.9 Å². The van der Waals surface area contributed by atoms with Crippen molar-refractivity contribution in [1.29, 1.82) is 0 Å². The third-order valence-corrected chi connectivity index (χ3v) is 2.60. The average Bonchev–Trinajstić information content (AvgIpc) is 2.28. The first-order valence-corrected chi connectivity index (χ1v) is 5.13. The Labute approximate surface area is 89.7 Å². The number of hydrazine groups is 1. The number of hydrogen-bond acceptors (Lipinski definition) is 5. The Morgan fingerprint density at radius 3 is 2.93 bits per heavy atom. The predicted molar refractivity (Wildman–Crippen MR) is 55.1 cm³/mol. The number of carbonyl (C=O) groups excluding carboxylic acids is 1. The summed E-state index contributed by atoms with van der Waals surface area (Å²) in [7, 11) is 1.61. The van der Waals surface area contributed by atoms with Gasteiger partial charge in [-0.3, -0.25) is 11.3 Å². The first kappa shape index (κ1) is 12.2. The van der Waals surface area contributed by atoms with Crippen LogP contribution in [0, 0.1) is 0 Å². The maximum atomic E-state index is 11.5. The smallest absolute Gasteiger partial charge is 0.409 e. The Bertz CT molecular complexity index is 213. The van der Waals surface area contributed by atoms with Gasteiger partial charge < -0.3 is 14.4 Å². The zero-order valence-electron chi connectivity index (χ0n) is 9.23. The Morgan fingerprint density at radius 1 is 1.67 bits per heavy atom. The molecule has 0 aromatic rings. The van der Waals surface area contributed by atoms with Crippen LogP contribution in [0.25, 0.3) is 0 Å². The zero-order chi connectivity index (χ0) is 11.3. The quantitative estimate of drug-likeness (QED) is 0.501. The third kappa shape index (κ3) is 3.05. The number of nitrogens with one attached hydrogen (secondary N) is 1. The van der Waals surface area contributed by atoms with Gasteiger partial charge in [0.25, 0.3) is 0 Å². The van der Waals surface area contributed by atoms with E-state index in [2.05, 4.69) is 5.43 Å². The molecular formula is C9H19N3O3. The number of piperidine rings is 1. The number of nitrogens with zero attached hydrogens (tertiary/aromatic N) is 1. The van der Waals surface area contributed by atoms with E-state index in [1.165, 1.54) is 0 Å². The summed E-state index contributed by atoms with van der Waals surface area (Å²) < 4.78 is 10.2. The molecular weight excluding hydrogens is 198 g/mol. The van der Waals surface area contributed by atoms with Crippen molar-refractivity contribution in [1.82, 2.24) is 10.3 Å². The van der Waals surface area contributed by atoms with Crippen LogP contribution < -0.4 is 11.3 Å². The molecule has 2 atom stereocenters. The van der Waals surface area contributed by atoms with Gasteiger partial charge in [-0.2, -0.15) is 0 Å². The first-order chi connectivity index (χ1) is 7.22. The van der Waals surface area contributed by atoms with Crippen LogP contribution in [0.4, 0.5) is 4.79 Å². The van der Waals surface area contributed by atoms with Crippen molar-refractivity contribution in [3.05, 3.63) is 0 Å². The molecule has 0 aliphatic carbocycles. The number of hydrogen-bond donors (Lipinski definition) is 2. The summed E-state index contributed by atoms with van der Waals surface area (Å²) in [5.41, 5.74) is 2.69. The van der Waals surface area contributed by atoms with Crippen LogP contribution in [-0.4, -0.2) is 49.9 Å². The number of rotatable bonds is 3. The lowest BCUT2D eigenvalue weighted by Gasteiger charge is -2.36. The minimum absolute atomic E-state index is 0.0758. The molecule has 1 heterocycles. The highest BCUT2D eigenvalue weighted by atomic mass is 16.6. The van der Waals surface area contributed by atoms with Gasteiger partial charge in [-0.1, -0.05) is 0 Å². The SMILES string of the molecule is CCOC(=O)N1CCC(NN)C(OC)C1. The summed E-state index contributed by atoms with van der Waals surface area (Å²) in [5.74, 6) is 5.38. The molecule has 1 saturated heterocycles. The molecule has 1 aliphatic heterocycles. The lowest BCUT2D eigenvalue weighted by atomic mass is 10.0. The van der Waals surface area contributed by atoms with Gasteiger partial charge in [0, 0.05) is 13.7 Å². The van der Waals surface area contributed by atoms with Crippen LogP contribution in [0.2, 0.25) is 0 Å². The summed E-state index contributed by atoms with van der Waals surface area (Å²) in [6.45, 7) is 3.35. The van der Waals surface area contributed by atoms with E-state index < -0.39 is 0 Å². The minimum Gasteiger partial charge on any atom is -0.450 e. The monoisotopic (exact) mass is 217 g/mol. The minimum atomic E-state index is -0.282. The van der Waals surface area contributed by atoms with Crippen LogP contribution in [0.1, 0.15) is 13.3 Å². The van der Waals surface area contributed by atoms with Gasteiger partial charge >= 0.3 is 6.09 Å². The fourth-order valence-corrected chi connectivity index (χ4v) is 1.73. The lowest BCUT2D eigenvalue weighted by molar-refractivity contribution is 0.00391. The number of methoxy groups -OCH3 is 1. The molecule has 15 heavy (non-hydrogen) atoms. The Kier molecular flexibility index (Phi) is 4.80. The molecule has 0 aromatic carbocycles. The molecule has 3 N–H and O–H groups in total. The summed E-state index contributed by atoms with van der Waals surface area (Å²) >= 11 is 0. The lowest BCUT2D eigenvalue weighted by Crippen LogP contribution is -2.56. The Morgan fingerprint density at radius 2 is 2.40 bits per heavy atom. The van der Waals surface area contributed by atoms with Crippen LogP contribution in [-0.2, 0) is 9.47 Å². The molecule has 0 radical (unpaired) electrons. The van der Waals surface area contributed by atoms with E-state index in [0.717, 1.165) is 6.42 Å².